The van der Waals surface area contributed by atoms with Crippen molar-refractivity contribution in [2.75, 3.05) is 18.9 Å². The van der Waals surface area contributed by atoms with Crippen LogP contribution < -0.4 is 21.5 Å². The van der Waals surface area contributed by atoms with Gasteiger partial charge in [-0.05, 0) is 37.1 Å². The van der Waals surface area contributed by atoms with E-state index in [1.807, 2.05) is 39.1 Å². The van der Waals surface area contributed by atoms with E-state index in [-0.39, 0.29) is 31.1 Å². The van der Waals surface area contributed by atoms with Crippen molar-refractivity contribution in [3.63, 3.8) is 0 Å². The van der Waals surface area contributed by atoms with Gasteiger partial charge in [-0.15, -0.1) is 0 Å². The minimum absolute atomic E-state index is 0.144. The number of fused-ring (bicyclic) bond motifs is 1. The summed E-state index contributed by atoms with van der Waals surface area (Å²) in [6, 6.07) is 12.8. The van der Waals surface area contributed by atoms with Gasteiger partial charge in [0.05, 0.1) is 18.0 Å². The van der Waals surface area contributed by atoms with Gasteiger partial charge in [-0.25, -0.2) is 4.98 Å². The number of nitrogens with one attached hydrogen (secondary N) is 2. The Labute approximate surface area is 174 Å². The number of carbonyl (C=O) groups excluding carboxylic acids is 2. The lowest BCUT2D eigenvalue weighted by Crippen LogP contribution is -3.09. The summed E-state index contributed by atoms with van der Waals surface area (Å²) in [4.78, 5) is 42.3. The molecule has 8 nitrogen and oxygen atoms in total. The largest absolute Gasteiger partial charge is 0.368 e. The zero-order chi connectivity index (χ0) is 21.8. The fourth-order valence-electron chi connectivity index (χ4n) is 3.47. The van der Waals surface area contributed by atoms with Crippen LogP contribution in [0.4, 0.5) is 5.69 Å². The van der Waals surface area contributed by atoms with Crippen LogP contribution in [0.1, 0.15) is 17.0 Å². The Morgan fingerprint density at radius 3 is 2.43 bits per heavy atom. The molecule has 8 heteroatoms. The number of rotatable bonds is 7. The third-order valence-electron chi connectivity index (χ3n) is 4.92. The van der Waals surface area contributed by atoms with E-state index in [4.69, 9.17) is 5.73 Å². The van der Waals surface area contributed by atoms with Crippen molar-refractivity contribution < 1.29 is 14.5 Å². The smallest absolute Gasteiger partial charge is 0.279 e. The summed E-state index contributed by atoms with van der Waals surface area (Å²) in [6.45, 7) is 4.09. The number of aryl methyl sites for hydroxylation is 2. The number of carbonyl (C=O) groups is 2. The molecule has 0 aliphatic rings. The van der Waals surface area contributed by atoms with E-state index in [1.165, 1.54) is 4.57 Å². The number of quaternary nitrogens is 1. The summed E-state index contributed by atoms with van der Waals surface area (Å²) >= 11 is 0. The highest BCUT2D eigenvalue weighted by Gasteiger charge is 2.18. The first kappa shape index (κ1) is 21.2. The van der Waals surface area contributed by atoms with Gasteiger partial charge in [0.2, 0.25) is 5.91 Å². The van der Waals surface area contributed by atoms with Crippen molar-refractivity contribution in [1.82, 2.24) is 9.55 Å². The number of hydrogen-bond donors (Lipinski definition) is 3. The molecule has 0 bridgehead atoms. The van der Waals surface area contributed by atoms with Gasteiger partial charge in [-0.2, -0.15) is 0 Å². The predicted molar refractivity (Wildman–Crippen MR) is 115 cm³/mol. The normalized spacial score (nSPS) is 12.0. The Hall–Kier alpha value is -3.52. The van der Waals surface area contributed by atoms with Crippen molar-refractivity contribution in [1.29, 1.82) is 0 Å². The molecule has 3 rings (SSSR count). The standard InChI is InChI=1S/C22H25N5O3/c1-14-7-6-8-15(2)21(14)25-20(29)13-26(3)12-19-24-17-10-5-4-9-16(17)22(30)27(19)11-18(23)28/h4-10H,11-13H2,1-3H3,(H2,23,28)(H,25,29)/p+1. The molecule has 0 aliphatic heterocycles. The first-order valence-corrected chi connectivity index (χ1v) is 9.70. The first-order chi connectivity index (χ1) is 14.3. The molecule has 0 saturated carbocycles. The molecule has 1 atom stereocenters. The van der Waals surface area contributed by atoms with E-state index in [0.717, 1.165) is 21.7 Å². The number of nitrogens with two attached hydrogens (primary N) is 1. The van der Waals surface area contributed by atoms with Crippen LogP contribution in [0.15, 0.2) is 47.3 Å². The number of likely N-dealkylation sites (N-methyl/N-ethyl adjacent to an activating group) is 1. The highest BCUT2D eigenvalue weighted by atomic mass is 16.2. The average molecular weight is 408 g/mol. The lowest BCUT2D eigenvalue weighted by Gasteiger charge is -2.18. The van der Waals surface area contributed by atoms with E-state index in [0.29, 0.717) is 16.7 Å². The fraction of sp³-hybridized carbons (Fsp3) is 0.273. The second kappa shape index (κ2) is 8.87. The van der Waals surface area contributed by atoms with Gasteiger partial charge >= 0.3 is 0 Å². The van der Waals surface area contributed by atoms with E-state index >= 15 is 0 Å². The molecule has 0 fully saturated rings. The van der Waals surface area contributed by atoms with E-state index in [2.05, 4.69) is 10.3 Å². The van der Waals surface area contributed by atoms with Crippen LogP contribution >= 0.6 is 0 Å². The van der Waals surface area contributed by atoms with Crippen LogP contribution in [-0.2, 0) is 22.7 Å². The molecule has 1 aromatic heterocycles. The van der Waals surface area contributed by atoms with Crippen LogP contribution in [0, 0.1) is 13.8 Å². The quantitative estimate of drug-likeness (QED) is 0.517. The fourth-order valence-corrected chi connectivity index (χ4v) is 3.47. The van der Waals surface area contributed by atoms with Gasteiger partial charge in [-0.3, -0.25) is 19.0 Å². The first-order valence-electron chi connectivity index (χ1n) is 9.70. The van der Waals surface area contributed by atoms with Gasteiger partial charge in [0, 0.05) is 5.69 Å². The SMILES string of the molecule is Cc1cccc(C)c1NC(=O)C[NH+](C)Cc1nc2ccccc2c(=O)n1CC(N)=O. The molecule has 3 aromatic rings. The van der Waals surface area contributed by atoms with E-state index in [9.17, 15) is 14.4 Å². The van der Waals surface area contributed by atoms with E-state index in [1.54, 1.807) is 24.3 Å². The second-order valence-electron chi connectivity index (χ2n) is 7.53. The Balaban J connectivity index is 1.82. The van der Waals surface area contributed by atoms with Gasteiger partial charge < -0.3 is 16.0 Å². The Morgan fingerprint density at radius 1 is 1.10 bits per heavy atom. The molecule has 1 heterocycles. The number of para-hydroxylation sites is 2. The zero-order valence-electron chi connectivity index (χ0n) is 17.4. The summed E-state index contributed by atoms with van der Waals surface area (Å²) in [5.41, 5.74) is 8.36. The van der Waals surface area contributed by atoms with Crippen LogP contribution in [0.3, 0.4) is 0 Å². The Bertz CT molecular complexity index is 1150. The maximum Gasteiger partial charge on any atom is 0.279 e. The van der Waals surface area contributed by atoms with Crippen molar-refractivity contribution >= 4 is 28.4 Å². The summed E-state index contributed by atoms with van der Waals surface area (Å²) < 4.78 is 1.29. The highest BCUT2D eigenvalue weighted by Crippen LogP contribution is 2.18. The van der Waals surface area contributed by atoms with Crippen LogP contribution in [0.5, 0.6) is 0 Å². The molecule has 0 radical (unpaired) electrons. The molecule has 2 amide bonds. The molecule has 1 unspecified atom stereocenters. The number of benzene rings is 2. The van der Waals surface area contributed by atoms with Crippen molar-refractivity contribution in [3.8, 4) is 0 Å². The Kier molecular flexibility index (Phi) is 6.27. The minimum Gasteiger partial charge on any atom is -0.368 e. The van der Waals surface area contributed by atoms with E-state index < -0.39 is 5.91 Å². The number of anilines is 1. The number of hydrogen-bond acceptors (Lipinski definition) is 4. The van der Waals surface area contributed by atoms with Gasteiger partial charge in [0.25, 0.3) is 11.5 Å². The van der Waals surface area contributed by atoms with Crippen molar-refractivity contribution in [3.05, 3.63) is 69.8 Å². The van der Waals surface area contributed by atoms with Gasteiger partial charge in [0.1, 0.15) is 13.1 Å². The summed E-state index contributed by atoms with van der Waals surface area (Å²) in [5, 5.41) is 3.38. The molecular weight excluding hydrogens is 382 g/mol. The van der Waals surface area contributed by atoms with Crippen LogP contribution in [0.25, 0.3) is 10.9 Å². The molecule has 0 aliphatic carbocycles. The number of primary amides is 1. The molecule has 30 heavy (non-hydrogen) atoms. The molecule has 156 valence electrons. The minimum atomic E-state index is -0.624. The molecular formula is C22H26N5O3+. The van der Waals surface area contributed by atoms with Crippen LogP contribution in [0.2, 0.25) is 0 Å². The van der Waals surface area contributed by atoms with Gasteiger partial charge in [-0.1, -0.05) is 30.3 Å². The monoisotopic (exact) mass is 408 g/mol. The molecule has 0 spiro atoms. The highest BCUT2D eigenvalue weighted by molar-refractivity contribution is 5.93. The maximum absolute atomic E-state index is 12.8. The second-order valence-corrected chi connectivity index (χ2v) is 7.53. The lowest BCUT2D eigenvalue weighted by molar-refractivity contribution is -0.886. The van der Waals surface area contributed by atoms with Gasteiger partial charge in [0.15, 0.2) is 12.4 Å². The van der Waals surface area contributed by atoms with Crippen molar-refractivity contribution in [2.45, 2.75) is 26.9 Å². The summed E-state index contributed by atoms with van der Waals surface area (Å²) in [6.07, 6.45) is 0. The van der Waals surface area contributed by atoms with Crippen molar-refractivity contribution in [2.24, 2.45) is 5.73 Å². The number of nitrogens with zero attached hydrogens (tertiary/aromatic N) is 2. The maximum atomic E-state index is 12.8. The Morgan fingerprint density at radius 2 is 1.77 bits per heavy atom. The zero-order valence-corrected chi connectivity index (χ0v) is 17.4. The predicted octanol–water partition coefficient (Wildman–Crippen LogP) is 0.152. The topological polar surface area (TPSA) is 112 Å². The lowest BCUT2D eigenvalue weighted by atomic mass is 10.1. The molecule has 2 aromatic carbocycles. The third-order valence-corrected chi connectivity index (χ3v) is 4.92. The summed E-state index contributed by atoms with van der Waals surface area (Å²) in [7, 11) is 1.83. The number of aromatic nitrogens is 2. The third kappa shape index (κ3) is 4.72. The summed E-state index contributed by atoms with van der Waals surface area (Å²) in [5.74, 6) is -0.356. The average Bonchev–Trinajstić information content (AvgIpc) is 2.67. The number of amides is 2. The molecule has 0 saturated heterocycles. The molecule has 4 N–H and O–H groups in total. The van der Waals surface area contributed by atoms with Crippen LogP contribution in [-0.4, -0.2) is 35.0 Å².